The van der Waals surface area contributed by atoms with Crippen LogP contribution in [-0.2, 0) is 52.4 Å². The molecule has 0 spiro atoms. The molecule has 0 unspecified atom stereocenters. The fraction of sp³-hybridized carbons (Fsp3) is 0.737. The van der Waals surface area contributed by atoms with E-state index in [0.717, 1.165) is 34.6 Å². The highest BCUT2D eigenvalue weighted by Crippen LogP contribution is 2.33. The lowest BCUT2D eigenvalue weighted by atomic mass is 9.97. The maximum Gasteiger partial charge on any atom is 0.303 e. The van der Waals surface area contributed by atoms with Crippen LogP contribution >= 0.6 is 15.9 Å². The summed E-state index contributed by atoms with van der Waals surface area (Å²) in [5.74, 6) is -3.71. The predicted octanol–water partition coefficient (Wildman–Crippen LogP) is 0.147. The van der Waals surface area contributed by atoms with Crippen molar-refractivity contribution in [2.45, 2.75) is 82.9 Å². The van der Waals surface area contributed by atoms with Crippen molar-refractivity contribution in [3.05, 3.63) is 0 Å². The highest BCUT2D eigenvalue weighted by molar-refractivity contribution is 9.09. The first-order chi connectivity index (χ1) is 14.7. The normalized spacial score (nSPS) is 27.9. The molecule has 32 heavy (non-hydrogen) atoms. The van der Waals surface area contributed by atoms with Gasteiger partial charge in [-0.05, 0) is 13.8 Å². The molecule has 0 bridgehead atoms. The monoisotopic (exact) mass is 526 g/mol. The standard InChI is InChI=1S/C19H27BrO12/c1-8(21)19(6,26)18(20)32-17-16(30-12(5)25)15(29-11(4)24)14(28-10(3)23)13(31-17)7-27-9(2)22/h13-18,26H,7H2,1-6H3/t13-,14-,15+,16-,17+,18+,19+/m1/s1. The van der Waals surface area contributed by atoms with Gasteiger partial charge in [0.25, 0.3) is 0 Å². The maximum atomic E-state index is 11.8. The molecule has 1 rings (SSSR count). The van der Waals surface area contributed by atoms with Crippen LogP contribution in [0.4, 0.5) is 0 Å². The molecule has 1 fully saturated rings. The van der Waals surface area contributed by atoms with E-state index in [4.69, 9.17) is 28.4 Å². The molecule has 0 aliphatic carbocycles. The van der Waals surface area contributed by atoms with Crippen LogP contribution < -0.4 is 0 Å². The minimum Gasteiger partial charge on any atom is -0.463 e. The molecule has 0 aromatic heterocycles. The van der Waals surface area contributed by atoms with Crippen LogP contribution in [-0.4, -0.2) is 82.7 Å². The average Bonchev–Trinajstić information content (AvgIpc) is 2.63. The fourth-order valence-corrected chi connectivity index (χ4v) is 3.24. The van der Waals surface area contributed by atoms with Gasteiger partial charge in [0.2, 0.25) is 6.29 Å². The molecule has 1 N–H and O–H groups in total. The Morgan fingerprint density at radius 1 is 0.875 bits per heavy atom. The van der Waals surface area contributed by atoms with Crippen molar-refractivity contribution in [3.8, 4) is 0 Å². The van der Waals surface area contributed by atoms with Gasteiger partial charge in [-0.25, -0.2) is 0 Å². The Bertz CT molecular complexity index is 736. The summed E-state index contributed by atoms with van der Waals surface area (Å²) in [7, 11) is 0. The molecule has 0 aromatic rings. The quantitative estimate of drug-likeness (QED) is 0.246. The van der Waals surface area contributed by atoms with Crippen LogP contribution in [0.3, 0.4) is 0 Å². The summed E-state index contributed by atoms with van der Waals surface area (Å²) in [5, 5.41) is 9.02. The molecular weight excluding hydrogens is 500 g/mol. The molecule has 0 aromatic carbocycles. The van der Waals surface area contributed by atoms with Crippen molar-refractivity contribution in [1.82, 2.24) is 0 Å². The third kappa shape index (κ3) is 7.80. The van der Waals surface area contributed by atoms with Gasteiger partial charge >= 0.3 is 23.9 Å². The number of ketones is 1. The summed E-state index contributed by atoms with van der Waals surface area (Å²) in [6, 6.07) is 0. The minimum absolute atomic E-state index is 0.437. The predicted molar refractivity (Wildman–Crippen MR) is 107 cm³/mol. The van der Waals surface area contributed by atoms with Gasteiger partial charge in [-0.3, -0.25) is 24.0 Å². The lowest BCUT2D eigenvalue weighted by Crippen LogP contribution is -2.64. The molecule has 1 aliphatic rings. The van der Waals surface area contributed by atoms with E-state index in [1.165, 1.54) is 6.92 Å². The molecule has 7 atom stereocenters. The Labute approximate surface area is 192 Å². The van der Waals surface area contributed by atoms with Gasteiger partial charge in [-0.2, -0.15) is 0 Å². The van der Waals surface area contributed by atoms with Crippen LogP contribution in [0.15, 0.2) is 0 Å². The first-order valence-corrected chi connectivity index (χ1v) is 10.4. The number of halogens is 1. The van der Waals surface area contributed by atoms with Crippen molar-refractivity contribution in [1.29, 1.82) is 0 Å². The second-order valence-corrected chi connectivity index (χ2v) is 8.06. The summed E-state index contributed by atoms with van der Waals surface area (Å²) in [6.45, 7) is 6.26. The highest BCUT2D eigenvalue weighted by atomic mass is 79.9. The van der Waals surface area contributed by atoms with E-state index in [9.17, 15) is 29.1 Å². The van der Waals surface area contributed by atoms with Crippen LogP contribution in [0.5, 0.6) is 0 Å². The zero-order valence-electron chi connectivity index (χ0n) is 18.5. The molecule has 1 heterocycles. The second-order valence-electron chi connectivity index (χ2n) is 7.22. The van der Waals surface area contributed by atoms with Gasteiger partial charge in [-0.15, -0.1) is 0 Å². The molecular formula is C19H27BrO12. The summed E-state index contributed by atoms with van der Waals surface area (Å²) < 4.78 is 32.0. The van der Waals surface area contributed by atoms with Gasteiger partial charge in [0.15, 0.2) is 34.7 Å². The van der Waals surface area contributed by atoms with Gasteiger partial charge in [-0.1, -0.05) is 15.9 Å². The Balaban J connectivity index is 3.41. The summed E-state index contributed by atoms with van der Waals surface area (Å²) in [4.78, 5) is 58.2. The average molecular weight is 527 g/mol. The second kappa shape index (κ2) is 11.7. The lowest BCUT2D eigenvalue weighted by Gasteiger charge is -2.45. The van der Waals surface area contributed by atoms with Crippen molar-refractivity contribution < 1.29 is 57.5 Å². The number of ether oxygens (including phenoxy) is 6. The smallest absolute Gasteiger partial charge is 0.303 e. The zero-order chi connectivity index (χ0) is 24.8. The van der Waals surface area contributed by atoms with Crippen LogP contribution in [0, 0.1) is 0 Å². The third-order valence-corrected chi connectivity index (χ3v) is 5.46. The van der Waals surface area contributed by atoms with Crippen LogP contribution in [0.2, 0.25) is 0 Å². The number of carbonyl (C=O) groups excluding carboxylic acids is 5. The lowest BCUT2D eigenvalue weighted by molar-refractivity contribution is -0.316. The first-order valence-electron chi connectivity index (χ1n) is 9.50. The van der Waals surface area contributed by atoms with E-state index in [2.05, 4.69) is 15.9 Å². The number of carbonyl (C=O) groups is 5. The number of hydrogen-bond donors (Lipinski definition) is 1. The topological polar surface area (TPSA) is 161 Å². The van der Waals surface area contributed by atoms with Gasteiger partial charge in [0.1, 0.15) is 12.7 Å². The van der Waals surface area contributed by atoms with Gasteiger partial charge in [0.05, 0.1) is 0 Å². The number of hydrogen-bond acceptors (Lipinski definition) is 12. The van der Waals surface area contributed by atoms with Crippen molar-refractivity contribution in [2.24, 2.45) is 0 Å². The van der Waals surface area contributed by atoms with Crippen molar-refractivity contribution >= 4 is 45.6 Å². The Kier molecular flexibility index (Phi) is 10.2. The van der Waals surface area contributed by atoms with E-state index in [1.807, 2.05) is 0 Å². The highest BCUT2D eigenvalue weighted by Gasteiger charge is 2.54. The van der Waals surface area contributed by atoms with E-state index < -0.39 is 77.6 Å². The summed E-state index contributed by atoms with van der Waals surface area (Å²) in [5.41, 5.74) is -2.01. The first kappa shape index (κ1) is 27.9. The molecule has 13 heteroatoms. The molecule has 0 saturated carbocycles. The number of rotatable bonds is 9. The van der Waals surface area contributed by atoms with E-state index in [0.29, 0.717) is 0 Å². The zero-order valence-corrected chi connectivity index (χ0v) is 20.1. The Morgan fingerprint density at radius 3 is 1.78 bits per heavy atom. The fourth-order valence-electron chi connectivity index (χ4n) is 2.71. The van der Waals surface area contributed by atoms with Crippen molar-refractivity contribution in [2.75, 3.05) is 6.61 Å². The summed E-state index contributed by atoms with van der Waals surface area (Å²) in [6.07, 6.45) is -7.00. The molecule has 182 valence electrons. The number of alkyl halides is 1. The molecule has 0 radical (unpaired) electrons. The minimum atomic E-state index is -2.01. The van der Waals surface area contributed by atoms with Gasteiger partial charge < -0.3 is 33.5 Å². The van der Waals surface area contributed by atoms with Gasteiger partial charge in [0, 0.05) is 27.7 Å². The molecule has 0 amide bonds. The SMILES string of the molecule is CC(=O)OC[C@H]1O[C@@H](O[C@H](Br)[C@@](C)(O)C(C)=O)[C@H](OC(C)=O)[C@@H](OC(C)=O)[C@@H]1OC(C)=O. The third-order valence-electron chi connectivity index (χ3n) is 4.36. The largest absolute Gasteiger partial charge is 0.463 e. The Hall–Kier alpha value is -2.09. The number of aliphatic hydroxyl groups is 1. The molecule has 1 aliphatic heterocycles. The van der Waals surface area contributed by atoms with E-state index >= 15 is 0 Å². The summed E-state index contributed by atoms with van der Waals surface area (Å²) >= 11 is 3.05. The molecule has 12 nitrogen and oxygen atoms in total. The van der Waals surface area contributed by atoms with E-state index in [1.54, 1.807) is 0 Å². The van der Waals surface area contributed by atoms with Crippen molar-refractivity contribution in [3.63, 3.8) is 0 Å². The van der Waals surface area contributed by atoms with E-state index in [-0.39, 0.29) is 0 Å². The maximum absolute atomic E-state index is 11.8. The van der Waals surface area contributed by atoms with Crippen LogP contribution in [0.25, 0.3) is 0 Å². The number of esters is 4. The number of Topliss-reactive ketones (excluding diaryl/α,β-unsaturated/α-hetero) is 1. The molecule has 1 saturated heterocycles. The Morgan fingerprint density at radius 2 is 1.34 bits per heavy atom. The van der Waals surface area contributed by atoms with Crippen LogP contribution in [0.1, 0.15) is 41.5 Å².